The van der Waals surface area contributed by atoms with Crippen LogP contribution in [-0.4, -0.2) is 19.6 Å². The third kappa shape index (κ3) is 3.65. The number of hydrogen-bond donors (Lipinski definition) is 1. The summed E-state index contributed by atoms with van der Waals surface area (Å²) in [6, 6.07) is 15.8. The molecule has 0 aliphatic rings. The van der Waals surface area contributed by atoms with Gasteiger partial charge in [0.2, 0.25) is 0 Å². The first-order valence-electron chi connectivity index (χ1n) is 9.53. The van der Waals surface area contributed by atoms with E-state index in [9.17, 15) is 23.1 Å². The molecule has 1 atom stereocenters. The molecule has 0 radical (unpaired) electrons. The topological polar surface area (TPSA) is 68.0 Å². The average molecular weight is 425 g/mol. The molecule has 31 heavy (non-hydrogen) atoms. The lowest BCUT2D eigenvalue weighted by Crippen LogP contribution is -2.29. The lowest BCUT2D eigenvalue weighted by atomic mass is 10.1. The van der Waals surface area contributed by atoms with Crippen molar-refractivity contribution in [3.63, 3.8) is 0 Å². The van der Waals surface area contributed by atoms with Gasteiger partial charge in [-0.3, -0.25) is 9.36 Å². The molecular weight excluding hydrogens is 407 g/mol. The lowest BCUT2D eigenvalue weighted by molar-refractivity contribution is -0.139. The van der Waals surface area contributed by atoms with Gasteiger partial charge in [0.15, 0.2) is 5.69 Å². The predicted molar refractivity (Wildman–Crippen MR) is 111 cm³/mol. The Bertz CT molecular complexity index is 1330. The molecule has 2 aromatic carbocycles. The molecule has 0 saturated carbocycles. The highest BCUT2D eigenvalue weighted by atomic mass is 19.4. The molecule has 4 rings (SSSR count). The van der Waals surface area contributed by atoms with E-state index in [2.05, 4.69) is 9.97 Å². The second kappa shape index (κ2) is 7.54. The molecule has 0 amide bonds. The van der Waals surface area contributed by atoms with Crippen molar-refractivity contribution < 1.29 is 18.3 Å². The Kier molecular flexibility index (Phi) is 5.00. The van der Waals surface area contributed by atoms with Gasteiger partial charge in [0.05, 0.1) is 22.5 Å². The van der Waals surface area contributed by atoms with Gasteiger partial charge in [0, 0.05) is 5.69 Å². The fraction of sp³-hybridized carbons (Fsp3) is 0.174. The summed E-state index contributed by atoms with van der Waals surface area (Å²) in [4.78, 5) is 21.5. The zero-order valence-electron chi connectivity index (χ0n) is 16.7. The zero-order chi connectivity index (χ0) is 22.3. The minimum Gasteiger partial charge on any atom is -0.507 e. The number of halogens is 3. The summed E-state index contributed by atoms with van der Waals surface area (Å²) in [6.45, 7) is 3.11. The molecule has 0 bridgehead atoms. The number of fused-ring (bicyclic) bond motifs is 1. The van der Waals surface area contributed by atoms with E-state index in [1.807, 2.05) is 0 Å². The van der Waals surface area contributed by atoms with Crippen molar-refractivity contribution in [2.24, 2.45) is 0 Å². The van der Waals surface area contributed by atoms with Crippen LogP contribution in [0.1, 0.15) is 29.9 Å². The van der Waals surface area contributed by atoms with Gasteiger partial charge in [0.25, 0.3) is 5.56 Å². The van der Waals surface area contributed by atoms with Crippen molar-refractivity contribution in [1.82, 2.24) is 14.5 Å². The maximum Gasteiger partial charge on any atom is 0.434 e. The first-order valence-corrected chi connectivity index (χ1v) is 9.53. The number of nitrogens with zero attached hydrogens (tertiary/aromatic N) is 3. The van der Waals surface area contributed by atoms with Gasteiger partial charge in [-0.15, -0.1) is 0 Å². The Morgan fingerprint density at radius 1 is 1.00 bits per heavy atom. The SMILES string of the molecule is Cc1cc2nc(-c3ccccc3O)n(C(C)c3ccccc3)c(=O)c2c(C(F)(F)F)n1. The van der Waals surface area contributed by atoms with Gasteiger partial charge in [0.1, 0.15) is 11.6 Å². The van der Waals surface area contributed by atoms with Gasteiger partial charge >= 0.3 is 6.18 Å². The number of pyridine rings is 1. The summed E-state index contributed by atoms with van der Waals surface area (Å²) in [6.07, 6.45) is -4.82. The highest BCUT2D eigenvalue weighted by molar-refractivity contribution is 5.83. The standard InChI is InChI=1S/C23H18F3N3O2/c1-13-12-17-19(20(27-13)23(24,25)26)22(31)29(14(2)15-8-4-3-5-9-15)21(28-17)16-10-6-7-11-18(16)30/h3-12,14,30H,1-2H3. The summed E-state index contributed by atoms with van der Waals surface area (Å²) < 4.78 is 42.4. The molecule has 4 aromatic rings. The van der Waals surface area contributed by atoms with Crippen LogP contribution in [0.3, 0.4) is 0 Å². The number of rotatable bonds is 3. The quantitative estimate of drug-likeness (QED) is 0.496. The molecule has 5 nitrogen and oxygen atoms in total. The maximum absolute atomic E-state index is 13.7. The third-order valence-corrected chi connectivity index (χ3v) is 5.10. The second-order valence-electron chi connectivity index (χ2n) is 7.22. The van der Waals surface area contributed by atoms with Gasteiger partial charge in [-0.25, -0.2) is 9.97 Å². The fourth-order valence-corrected chi connectivity index (χ4v) is 3.64. The van der Waals surface area contributed by atoms with Crippen LogP contribution in [-0.2, 0) is 6.18 Å². The number of aromatic nitrogens is 3. The number of benzene rings is 2. The van der Waals surface area contributed by atoms with Crippen molar-refractivity contribution in [3.8, 4) is 17.1 Å². The van der Waals surface area contributed by atoms with Crippen molar-refractivity contribution in [3.05, 3.63) is 88.0 Å². The van der Waals surface area contributed by atoms with Crippen molar-refractivity contribution >= 4 is 10.9 Å². The molecule has 1 N–H and O–H groups in total. The van der Waals surface area contributed by atoms with E-state index in [-0.39, 0.29) is 28.3 Å². The van der Waals surface area contributed by atoms with Gasteiger partial charge in [-0.2, -0.15) is 13.2 Å². The van der Waals surface area contributed by atoms with Crippen LogP contribution in [0.5, 0.6) is 5.75 Å². The van der Waals surface area contributed by atoms with Crippen LogP contribution in [0.15, 0.2) is 65.5 Å². The fourth-order valence-electron chi connectivity index (χ4n) is 3.64. The molecule has 8 heteroatoms. The number of para-hydroxylation sites is 1. The van der Waals surface area contributed by atoms with Crippen LogP contribution in [0.4, 0.5) is 13.2 Å². The smallest absolute Gasteiger partial charge is 0.434 e. The molecule has 1 unspecified atom stereocenters. The summed E-state index contributed by atoms with van der Waals surface area (Å²) in [5, 5.41) is 9.80. The van der Waals surface area contributed by atoms with E-state index >= 15 is 0 Å². The summed E-state index contributed by atoms with van der Waals surface area (Å²) >= 11 is 0. The minimum absolute atomic E-state index is 0.0747. The summed E-state index contributed by atoms with van der Waals surface area (Å²) in [7, 11) is 0. The normalized spacial score (nSPS) is 12.8. The minimum atomic E-state index is -4.82. The molecule has 0 aliphatic heterocycles. The van der Waals surface area contributed by atoms with Crippen LogP contribution < -0.4 is 5.56 Å². The van der Waals surface area contributed by atoms with Gasteiger partial charge in [-0.05, 0) is 37.6 Å². The third-order valence-electron chi connectivity index (χ3n) is 5.10. The monoisotopic (exact) mass is 425 g/mol. The van der Waals surface area contributed by atoms with Crippen molar-refractivity contribution in [1.29, 1.82) is 0 Å². The molecule has 2 aromatic heterocycles. The Hall–Kier alpha value is -3.68. The molecule has 0 spiro atoms. The number of hydrogen-bond acceptors (Lipinski definition) is 4. The lowest BCUT2D eigenvalue weighted by Gasteiger charge is -2.22. The number of phenols is 1. The Morgan fingerprint density at radius 2 is 1.65 bits per heavy atom. The highest BCUT2D eigenvalue weighted by Crippen LogP contribution is 2.35. The van der Waals surface area contributed by atoms with E-state index in [0.29, 0.717) is 5.56 Å². The highest BCUT2D eigenvalue weighted by Gasteiger charge is 2.37. The van der Waals surface area contributed by atoms with E-state index in [4.69, 9.17) is 0 Å². The van der Waals surface area contributed by atoms with Crippen molar-refractivity contribution in [2.75, 3.05) is 0 Å². The molecule has 0 fully saturated rings. The first kappa shape index (κ1) is 20.6. The zero-order valence-corrected chi connectivity index (χ0v) is 16.7. The Labute approximate surface area is 175 Å². The second-order valence-corrected chi connectivity index (χ2v) is 7.22. The van der Waals surface area contributed by atoms with E-state index in [0.717, 1.165) is 0 Å². The van der Waals surface area contributed by atoms with Crippen LogP contribution in [0.2, 0.25) is 0 Å². The Balaban J connectivity index is 2.16. The van der Waals surface area contributed by atoms with E-state index < -0.39 is 28.9 Å². The van der Waals surface area contributed by atoms with Crippen LogP contribution in [0, 0.1) is 6.92 Å². The van der Waals surface area contributed by atoms with Crippen LogP contribution >= 0.6 is 0 Å². The maximum atomic E-state index is 13.7. The number of alkyl halides is 3. The molecule has 2 heterocycles. The van der Waals surface area contributed by atoms with Gasteiger partial charge < -0.3 is 5.11 Å². The number of aryl methyl sites for hydroxylation is 1. The molecular formula is C23H18F3N3O2. The number of phenolic OH excluding ortho intramolecular Hbond substituents is 1. The first-order chi connectivity index (χ1) is 14.7. The van der Waals surface area contributed by atoms with Gasteiger partial charge in [-0.1, -0.05) is 42.5 Å². The predicted octanol–water partition coefficient (Wildman–Crippen LogP) is 5.10. The number of aromatic hydroxyl groups is 1. The Morgan fingerprint density at radius 3 is 2.29 bits per heavy atom. The average Bonchev–Trinajstić information content (AvgIpc) is 2.73. The molecule has 0 aliphatic carbocycles. The van der Waals surface area contributed by atoms with Crippen LogP contribution in [0.25, 0.3) is 22.3 Å². The molecule has 0 saturated heterocycles. The van der Waals surface area contributed by atoms with E-state index in [1.165, 1.54) is 23.6 Å². The molecule has 158 valence electrons. The summed E-state index contributed by atoms with van der Waals surface area (Å²) in [5.74, 6) is -0.0599. The summed E-state index contributed by atoms with van der Waals surface area (Å²) in [5.41, 5.74) is -1.23. The van der Waals surface area contributed by atoms with Crippen molar-refractivity contribution in [2.45, 2.75) is 26.1 Å². The van der Waals surface area contributed by atoms with E-state index in [1.54, 1.807) is 55.5 Å². The largest absolute Gasteiger partial charge is 0.507 e.